The SMILES string of the molecule is CC[C@@H](CNC(=O)c1cncn1C)N1CCOCC1. The molecule has 0 spiro atoms. The van der Waals surface area contributed by atoms with E-state index in [1.165, 1.54) is 0 Å². The fraction of sp³-hybridized carbons (Fsp3) is 0.692. The Morgan fingerprint density at radius 3 is 2.84 bits per heavy atom. The zero-order valence-electron chi connectivity index (χ0n) is 11.6. The highest BCUT2D eigenvalue weighted by molar-refractivity contribution is 5.92. The summed E-state index contributed by atoms with van der Waals surface area (Å²) in [7, 11) is 1.82. The maximum atomic E-state index is 12.0. The summed E-state index contributed by atoms with van der Waals surface area (Å²) in [5, 5.41) is 2.99. The Morgan fingerprint density at radius 1 is 1.53 bits per heavy atom. The van der Waals surface area contributed by atoms with E-state index in [1.807, 2.05) is 7.05 Å². The molecule has 0 aromatic carbocycles. The maximum absolute atomic E-state index is 12.0. The lowest BCUT2D eigenvalue weighted by molar-refractivity contribution is 0.0159. The van der Waals surface area contributed by atoms with Crippen LogP contribution in [0.2, 0.25) is 0 Å². The van der Waals surface area contributed by atoms with Gasteiger partial charge in [-0.3, -0.25) is 9.69 Å². The molecule has 0 bridgehead atoms. The van der Waals surface area contributed by atoms with Crippen LogP contribution in [0.3, 0.4) is 0 Å². The van der Waals surface area contributed by atoms with Crippen molar-refractivity contribution in [3.63, 3.8) is 0 Å². The van der Waals surface area contributed by atoms with Gasteiger partial charge >= 0.3 is 0 Å². The number of morpholine rings is 1. The van der Waals surface area contributed by atoms with Gasteiger partial charge in [0.05, 0.1) is 25.7 Å². The average Bonchev–Trinajstić information content (AvgIpc) is 2.87. The van der Waals surface area contributed by atoms with Crippen LogP contribution in [-0.2, 0) is 11.8 Å². The molecule has 1 saturated heterocycles. The van der Waals surface area contributed by atoms with Crippen LogP contribution in [0.25, 0.3) is 0 Å². The van der Waals surface area contributed by atoms with Gasteiger partial charge in [-0.2, -0.15) is 0 Å². The van der Waals surface area contributed by atoms with Crippen LogP contribution in [0.5, 0.6) is 0 Å². The smallest absolute Gasteiger partial charge is 0.269 e. The van der Waals surface area contributed by atoms with Crippen LogP contribution in [0, 0.1) is 0 Å². The topological polar surface area (TPSA) is 59.4 Å². The second kappa shape index (κ2) is 6.68. The molecule has 1 aromatic heterocycles. The van der Waals surface area contributed by atoms with Crippen molar-refractivity contribution >= 4 is 5.91 Å². The molecule has 0 saturated carbocycles. The lowest BCUT2D eigenvalue weighted by Gasteiger charge is -2.34. The third-order valence-corrected chi connectivity index (χ3v) is 3.58. The van der Waals surface area contributed by atoms with Crippen LogP contribution in [0.4, 0.5) is 0 Å². The van der Waals surface area contributed by atoms with E-state index in [4.69, 9.17) is 4.74 Å². The minimum absolute atomic E-state index is 0.0632. The van der Waals surface area contributed by atoms with Gasteiger partial charge < -0.3 is 14.6 Å². The van der Waals surface area contributed by atoms with E-state index >= 15 is 0 Å². The van der Waals surface area contributed by atoms with Gasteiger partial charge in [-0.05, 0) is 6.42 Å². The van der Waals surface area contributed by atoms with Crippen molar-refractivity contribution in [3.05, 3.63) is 18.2 Å². The molecule has 106 valence electrons. The maximum Gasteiger partial charge on any atom is 0.269 e. The number of ether oxygens (including phenoxy) is 1. The number of aryl methyl sites for hydroxylation is 1. The summed E-state index contributed by atoms with van der Waals surface area (Å²) in [4.78, 5) is 18.4. The summed E-state index contributed by atoms with van der Waals surface area (Å²) >= 11 is 0. The zero-order chi connectivity index (χ0) is 13.7. The first-order valence-electron chi connectivity index (χ1n) is 6.78. The predicted molar refractivity (Wildman–Crippen MR) is 72.0 cm³/mol. The number of imidazole rings is 1. The number of hydrogen-bond donors (Lipinski definition) is 1. The highest BCUT2D eigenvalue weighted by Gasteiger charge is 2.20. The molecular formula is C13H22N4O2. The van der Waals surface area contributed by atoms with Gasteiger partial charge in [0.25, 0.3) is 5.91 Å². The number of carbonyl (C=O) groups excluding carboxylic acids is 1. The first-order chi connectivity index (χ1) is 9.22. The largest absolute Gasteiger partial charge is 0.379 e. The van der Waals surface area contributed by atoms with Gasteiger partial charge in [-0.25, -0.2) is 4.98 Å². The van der Waals surface area contributed by atoms with Crippen LogP contribution in [0.1, 0.15) is 23.8 Å². The number of aromatic nitrogens is 2. The molecule has 0 radical (unpaired) electrons. The molecule has 1 aliphatic heterocycles. The van der Waals surface area contributed by atoms with E-state index < -0.39 is 0 Å². The Morgan fingerprint density at radius 2 is 2.26 bits per heavy atom. The van der Waals surface area contributed by atoms with Crippen molar-refractivity contribution in [3.8, 4) is 0 Å². The quantitative estimate of drug-likeness (QED) is 0.830. The predicted octanol–water partition coefficient (Wildman–Crippen LogP) is 0.261. The fourth-order valence-corrected chi connectivity index (χ4v) is 2.35. The summed E-state index contributed by atoms with van der Waals surface area (Å²) < 4.78 is 7.08. The number of hydrogen-bond acceptors (Lipinski definition) is 4. The second-order valence-corrected chi connectivity index (χ2v) is 4.81. The summed E-state index contributed by atoms with van der Waals surface area (Å²) in [5.74, 6) is -0.0632. The van der Waals surface area contributed by atoms with Crippen molar-refractivity contribution in [2.24, 2.45) is 7.05 Å². The van der Waals surface area contributed by atoms with Gasteiger partial charge in [-0.1, -0.05) is 6.92 Å². The molecule has 1 N–H and O–H groups in total. The molecular weight excluding hydrogens is 244 g/mol. The molecule has 6 nitrogen and oxygen atoms in total. The standard InChI is InChI=1S/C13H22N4O2/c1-3-11(17-4-6-19-7-5-17)8-15-13(18)12-9-14-10-16(12)2/h9-11H,3-8H2,1-2H3,(H,15,18)/t11-/m0/s1. The van der Waals surface area contributed by atoms with E-state index in [9.17, 15) is 4.79 Å². The summed E-state index contributed by atoms with van der Waals surface area (Å²) in [6, 6.07) is 0.376. The molecule has 1 fully saturated rings. The van der Waals surface area contributed by atoms with Crippen molar-refractivity contribution in [2.45, 2.75) is 19.4 Å². The molecule has 0 aliphatic carbocycles. The highest BCUT2D eigenvalue weighted by Crippen LogP contribution is 2.07. The van der Waals surface area contributed by atoms with E-state index in [-0.39, 0.29) is 5.91 Å². The van der Waals surface area contributed by atoms with Crippen LogP contribution in [0.15, 0.2) is 12.5 Å². The number of rotatable bonds is 5. The third-order valence-electron chi connectivity index (χ3n) is 3.58. The lowest BCUT2D eigenvalue weighted by atomic mass is 10.1. The van der Waals surface area contributed by atoms with Crippen molar-refractivity contribution in [1.29, 1.82) is 0 Å². The van der Waals surface area contributed by atoms with Crippen molar-refractivity contribution in [2.75, 3.05) is 32.8 Å². The van der Waals surface area contributed by atoms with Crippen molar-refractivity contribution in [1.82, 2.24) is 19.8 Å². The molecule has 2 rings (SSSR count). The summed E-state index contributed by atoms with van der Waals surface area (Å²) in [6.07, 6.45) is 4.24. The second-order valence-electron chi connectivity index (χ2n) is 4.81. The van der Waals surface area contributed by atoms with Gasteiger partial charge in [-0.15, -0.1) is 0 Å². The normalized spacial score (nSPS) is 18.2. The van der Waals surface area contributed by atoms with Gasteiger partial charge in [0.1, 0.15) is 5.69 Å². The number of nitrogens with zero attached hydrogens (tertiary/aromatic N) is 3. The number of nitrogens with one attached hydrogen (secondary N) is 1. The van der Waals surface area contributed by atoms with Gasteiger partial charge in [0.2, 0.25) is 0 Å². The molecule has 1 aliphatic rings. The molecule has 19 heavy (non-hydrogen) atoms. The zero-order valence-corrected chi connectivity index (χ0v) is 11.6. The van der Waals surface area contributed by atoms with Crippen molar-refractivity contribution < 1.29 is 9.53 Å². The highest BCUT2D eigenvalue weighted by atomic mass is 16.5. The van der Waals surface area contributed by atoms with Gasteiger partial charge in [0, 0.05) is 32.7 Å². The molecule has 1 atom stereocenters. The Hall–Kier alpha value is -1.40. The Labute approximate surface area is 113 Å². The van der Waals surface area contributed by atoms with E-state index in [2.05, 4.69) is 22.1 Å². The molecule has 6 heteroatoms. The molecule has 1 amide bonds. The Bertz CT molecular complexity index is 413. The molecule has 1 aromatic rings. The summed E-state index contributed by atoms with van der Waals surface area (Å²) in [6.45, 7) is 6.27. The Kier molecular flexibility index (Phi) is 4.93. The van der Waals surface area contributed by atoms with E-state index in [0.29, 0.717) is 18.3 Å². The van der Waals surface area contributed by atoms with Crippen LogP contribution in [-0.4, -0.2) is 59.2 Å². The lowest BCUT2D eigenvalue weighted by Crippen LogP contribution is -2.48. The van der Waals surface area contributed by atoms with E-state index in [0.717, 1.165) is 32.7 Å². The minimum atomic E-state index is -0.0632. The molecule has 2 heterocycles. The van der Waals surface area contributed by atoms with Crippen LogP contribution >= 0.6 is 0 Å². The third kappa shape index (κ3) is 3.54. The monoisotopic (exact) mass is 266 g/mol. The fourth-order valence-electron chi connectivity index (χ4n) is 2.35. The number of amides is 1. The first-order valence-corrected chi connectivity index (χ1v) is 6.78. The van der Waals surface area contributed by atoms with E-state index in [1.54, 1.807) is 17.1 Å². The summed E-state index contributed by atoms with van der Waals surface area (Å²) in [5.41, 5.74) is 0.594. The molecule has 0 unspecified atom stereocenters. The first kappa shape index (κ1) is 14.0. The average molecular weight is 266 g/mol. The minimum Gasteiger partial charge on any atom is -0.379 e. The number of carbonyl (C=O) groups is 1. The van der Waals surface area contributed by atoms with Crippen LogP contribution < -0.4 is 5.32 Å². The van der Waals surface area contributed by atoms with Gasteiger partial charge in [0.15, 0.2) is 0 Å². The Balaban J connectivity index is 1.85.